The summed E-state index contributed by atoms with van der Waals surface area (Å²) < 4.78 is 0. The number of allylic oxidation sites excluding steroid dienone is 1. The van der Waals surface area contributed by atoms with Crippen LogP contribution < -0.4 is 5.32 Å². The topological polar surface area (TPSA) is 32.3 Å². The summed E-state index contributed by atoms with van der Waals surface area (Å²) in [5.74, 6) is 0.280. The van der Waals surface area contributed by atoms with Crippen molar-refractivity contribution in [3.63, 3.8) is 0 Å². The van der Waals surface area contributed by atoms with Crippen LogP contribution in [-0.2, 0) is 0 Å². The van der Waals surface area contributed by atoms with Gasteiger partial charge < -0.3 is 10.4 Å². The Balaban J connectivity index is 2.20. The van der Waals surface area contributed by atoms with Crippen molar-refractivity contribution in [3.8, 4) is 5.75 Å². The number of halogens is 1. The molecule has 0 saturated heterocycles. The van der Waals surface area contributed by atoms with E-state index in [2.05, 4.69) is 17.5 Å². The first-order valence-electron chi connectivity index (χ1n) is 7.09. The Morgan fingerprint density at radius 1 is 1.05 bits per heavy atom. The highest BCUT2D eigenvalue weighted by atomic mass is 35.5. The van der Waals surface area contributed by atoms with Crippen molar-refractivity contribution in [2.24, 2.45) is 0 Å². The molecule has 1 unspecified atom stereocenters. The maximum Gasteiger partial charge on any atom is 0.115 e. The zero-order chi connectivity index (χ0) is 15.1. The number of rotatable bonds is 6. The van der Waals surface area contributed by atoms with Gasteiger partial charge in [0.15, 0.2) is 0 Å². The standard InChI is InChI=1S/C18H20ClNO/c1-2-3-4-13-20-18(14-5-9-16(19)10-6-14)15-7-11-17(21)12-8-15/h2-3,5-12,18,20-21H,4,13H2,1H3/b3-2+. The van der Waals surface area contributed by atoms with Gasteiger partial charge in [-0.2, -0.15) is 0 Å². The SMILES string of the molecule is C/C=C/CCNC(c1ccc(O)cc1)c1ccc(Cl)cc1. The fraction of sp³-hybridized carbons (Fsp3) is 0.222. The molecule has 0 saturated carbocycles. The number of benzene rings is 2. The van der Waals surface area contributed by atoms with Crippen molar-refractivity contribution >= 4 is 11.6 Å². The Morgan fingerprint density at radius 2 is 1.62 bits per heavy atom. The summed E-state index contributed by atoms with van der Waals surface area (Å²) >= 11 is 5.97. The fourth-order valence-corrected chi connectivity index (χ4v) is 2.35. The minimum Gasteiger partial charge on any atom is -0.508 e. The highest BCUT2D eigenvalue weighted by Crippen LogP contribution is 2.25. The van der Waals surface area contributed by atoms with E-state index >= 15 is 0 Å². The summed E-state index contributed by atoms with van der Waals surface area (Å²) in [5.41, 5.74) is 2.28. The highest BCUT2D eigenvalue weighted by molar-refractivity contribution is 6.30. The van der Waals surface area contributed by atoms with Crippen molar-refractivity contribution in [3.05, 3.63) is 76.8 Å². The summed E-state index contributed by atoms with van der Waals surface area (Å²) in [6, 6.07) is 15.3. The lowest BCUT2D eigenvalue weighted by Crippen LogP contribution is -2.23. The lowest BCUT2D eigenvalue weighted by Gasteiger charge is -2.20. The van der Waals surface area contributed by atoms with Crippen LogP contribution in [0.2, 0.25) is 5.02 Å². The van der Waals surface area contributed by atoms with E-state index in [0.29, 0.717) is 0 Å². The first kappa shape index (κ1) is 15.6. The largest absolute Gasteiger partial charge is 0.508 e. The Morgan fingerprint density at radius 3 is 2.19 bits per heavy atom. The number of nitrogens with one attached hydrogen (secondary N) is 1. The van der Waals surface area contributed by atoms with E-state index in [-0.39, 0.29) is 11.8 Å². The number of hydrogen-bond acceptors (Lipinski definition) is 2. The molecule has 0 bridgehead atoms. The normalized spacial score (nSPS) is 12.7. The second-order valence-corrected chi connectivity index (χ2v) is 5.32. The number of phenols is 1. The molecule has 2 N–H and O–H groups in total. The van der Waals surface area contributed by atoms with Gasteiger partial charge in [0.25, 0.3) is 0 Å². The van der Waals surface area contributed by atoms with E-state index in [0.717, 1.165) is 29.1 Å². The molecule has 2 aromatic rings. The molecular weight excluding hydrogens is 282 g/mol. The van der Waals surface area contributed by atoms with Gasteiger partial charge in [-0.25, -0.2) is 0 Å². The molecule has 0 aromatic heterocycles. The smallest absolute Gasteiger partial charge is 0.115 e. The van der Waals surface area contributed by atoms with Crippen LogP contribution in [0.1, 0.15) is 30.5 Å². The lowest BCUT2D eigenvalue weighted by molar-refractivity contribution is 0.474. The third-order valence-corrected chi connectivity index (χ3v) is 3.58. The third kappa shape index (κ3) is 4.62. The average molecular weight is 302 g/mol. The van der Waals surface area contributed by atoms with E-state index in [1.165, 1.54) is 0 Å². The molecule has 0 aliphatic heterocycles. The van der Waals surface area contributed by atoms with Gasteiger partial charge in [-0.1, -0.05) is 48.0 Å². The second-order valence-electron chi connectivity index (χ2n) is 4.89. The molecule has 0 aliphatic carbocycles. The summed E-state index contributed by atoms with van der Waals surface area (Å²) in [5, 5.41) is 13.7. The molecule has 1 atom stereocenters. The van der Waals surface area contributed by atoms with Gasteiger partial charge >= 0.3 is 0 Å². The lowest BCUT2D eigenvalue weighted by atomic mass is 9.98. The Kier molecular flexibility index (Phi) is 5.85. The van der Waals surface area contributed by atoms with Crippen LogP contribution in [0.15, 0.2) is 60.7 Å². The molecule has 3 heteroatoms. The first-order chi connectivity index (χ1) is 10.2. The van der Waals surface area contributed by atoms with E-state index in [1.54, 1.807) is 12.1 Å². The van der Waals surface area contributed by atoms with Crippen molar-refractivity contribution in [1.29, 1.82) is 0 Å². The summed E-state index contributed by atoms with van der Waals surface area (Å²) in [7, 11) is 0. The van der Waals surface area contributed by atoms with Crippen LogP contribution in [-0.4, -0.2) is 11.7 Å². The van der Waals surface area contributed by atoms with Gasteiger partial charge in [-0.3, -0.25) is 0 Å². The van der Waals surface area contributed by atoms with Gasteiger partial charge in [0, 0.05) is 5.02 Å². The molecule has 110 valence electrons. The molecule has 2 aromatic carbocycles. The molecule has 21 heavy (non-hydrogen) atoms. The average Bonchev–Trinajstić information content (AvgIpc) is 2.50. The van der Waals surface area contributed by atoms with Gasteiger partial charge in [0.05, 0.1) is 6.04 Å². The quantitative estimate of drug-likeness (QED) is 0.599. The molecule has 0 spiro atoms. The van der Waals surface area contributed by atoms with Crippen LogP contribution >= 0.6 is 11.6 Å². The molecule has 0 heterocycles. The molecular formula is C18H20ClNO. The van der Waals surface area contributed by atoms with Crippen LogP contribution in [0.3, 0.4) is 0 Å². The van der Waals surface area contributed by atoms with Crippen molar-refractivity contribution in [1.82, 2.24) is 5.32 Å². The van der Waals surface area contributed by atoms with Gasteiger partial charge in [0.2, 0.25) is 0 Å². The maximum atomic E-state index is 9.44. The summed E-state index contributed by atoms with van der Waals surface area (Å²) in [4.78, 5) is 0. The van der Waals surface area contributed by atoms with Crippen LogP contribution in [0.4, 0.5) is 0 Å². The number of aromatic hydroxyl groups is 1. The molecule has 2 rings (SSSR count). The highest BCUT2D eigenvalue weighted by Gasteiger charge is 2.13. The van der Waals surface area contributed by atoms with Crippen LogP contribution in [0.5, 0.6) is 5.75 Å². The van der Waals surface area contributed by atoms with E-state index in [9.17, 15) is 5.11 Å². The molecule has 0 fully saturated rings. The summed E-state index contributed by atoms with van der Waals surface area (Å²) in [6.45, 7) is 2.91. The van der Waals surface area contributed by atoms with Gasteiger partial charge in [-0.05, 0) is 55.3 Å². The fourth-order valence-electron chi connectivity index (χ4n) is 2.23. The van der Waals surface area contributed by atoms with Crippen molar-refractivity contribution < 1.29 is 5.11 Å². The zero-order valence-corrected chi connectivity index (χ0v) is 12.8. The van der Waals surface area contributed by atoms with Crippen LogP contribution in [0.25, 0.3) is 0 Å². The maximum absolute atomic E-state index is 9.44. The zero-order valence-electron chi connectivity index (χ0n) is 12.1. The minimum absolute atomic E-state index is 0.0909. The van der Waals surface area contributed by atoms with E-state index in [4.69, 9.17) is 11.6 Å². The van der Waals surface area contributed by atoms with Crippen molar-refractivity contribution in [2.75, 3.05) is 6.54 Å². The second kappa shape index (κ2) is 7.87. The number of hydrogen-bond donors (Lipinski definition) is 2. The summed E-state index contributed by atoms with van der Waals surface area (Å²) in [6.07, 6.45) is 5.18. The molecule has 0 amide bonds. The van der Waals surface area contributed by atoms with E-state index < -0.39 is 0 Å². The minimum atomic E-state index is 0.0909. The third-order valence-electron chi connectivity index (χ3n) is 3.32. The van der Waals surface area contributed by atoms with Crippen molar-refractivity contribution in [2.45, 2.75) is 19.4 Å². The molecule has 2 nitrogen and oxygen atoms in total. The van der Waals surface area contributed by atoms with Gasteiger partial charge in [-0.15, -0.1) is 0 Å². The van der Waals surface area contributed by atoms with Crippen LogP contribution in [0, 0.1) is 0 Å². The molecule has 0 aliphatic rings. The predicted molar refractivity (Wildman–Crippen MR) is 88.8 cm³/mol. The Labute approximate surface area is 131 Å². The number of phenolic OH excluding ortho intramolecular Hbond substituents is 1. The predicted octanol–water partition coefficient (Wildman–Crippen LogP) is 4.69. The van der Waals surface area contributed by atoms with Gasteiger partial charge in [0.1, 0.15) is 5.75 Å². The Hall–Kier alpha value is -1.77. The van der Waals surface area contributed by atoms with E-state index in [1.807, 2.05) is 43.3 Å². The Bertz CT molecular complexity index is 530. The molecule has 0 radical (unpaired) electrons. The first-order valence-corrected chi connectivity index (χ1v) is 7.47. The monoisotopic (exact) mass is 301 g/mol.